The molecule has 2 N–H and O–H groups in total. The molecule has 1 fully saturated rings. The van der Waals surface area contributed by atoms with Crippen molar-refractivity contribution in [1.82, 2.24) is 0 Å². The first-order valence-electron chi connectivity index (χ1n) is 9.10. The van der Waals surface area contributed by atoms with Gasteiger partial charge in [0, 0.05) is 30.3 Å². The van der Waals surface area contributed by atoms with E-state index in [1.165, 1.54) is 5.56 Å². The zero-order valence-corrected chi connectivity index (χ0v) is 14.3. The van der Waals surface area contributed by atoms with Gasteiger partial charge in [0.15, 0.2) is 0 Å². The molecule has 25 heavy (non-hydrogen) atoms. The second-order valence-electron chi connectivity index (χ2n) is 7.00. The van der Waals surface area contributed by atoms with Gasteiger partial charge in [-0.1, -0.05) is 48.5 Å². The van der Waals surface area contributed by atoms with Gasteiger partial charge in [0.1, 0.15) is 12.5 Å². The number of carbonyl (C=O) groups excluding carboxylic acids is 1. The van der Waals surface area contributed by atoms with Crippen molar-refractivity contribution in [3.63, 3.8) is 0 Å². The minimum absolute atomic E-state index is 0.0390. The van der Waals surface area contributed by atoms with Crippen LogP contribution in [-0.2, 0) is 11.3 Å². The van der Waals surface area contributed by atoms with Crippen molar-refractivity contribution in [1.29, 1.82) is 0 Å². The number of likely N-dealkylation sites (tertiary alicyclic amines) is 1. The Morgan fingerprint density at radius 3 is 2.56 bits per heavy atom. The summed E-state index contributed by atoms with van der Waals surface area (Å²) in [4.78, 5) is 18.5. The molecule has 2 heterocycles. The zero-order chi connectivity index (χ0) is 17.1. The van der Waals surface area contributed by atoms with Gasteiger partial charge < -0.3 is 10.2 Å². The van der Waals surface area contributed by atoms with E-state index in [1.807, 2.05) is 30.5 Å². The van der Waals surface area contributed by atoms with Crippen LogP contribution in [0.1, 0.15) is 29.9 Å². The van der Waals surface area contributed by atoms with E-state index in [2.05, 4.69) is 35.6 Å². The van der Waals surface area contributed by atoms with Crippen molar-refractivity contribution in [2.24, 2.45) is 4.99 Å². The number of nitrogens with one attached hydrogen (secondary N) is 2. The first-order chi connectivity index (χ1) is 12.3. The van der Waals surface area contributed by atoms with Crippen LogP contribution in [-0.4, -0.2) is 31.3 Å². The Labute approximate surface area is 148 Å². The van der Waals surface area contributed by atoms with Gasteiger partial charge in [0.2, 0.25) is 5.91 Å². The topological polar surface area (TPSA) is 45.9 Å². The van der Waals surface area contributed by atoms with Gasteiger partial charge in [-0.2, -0.15) is 0 Å². The van der Waals surface area contributed by atoms with Crippen LogP contribution in [0.15, 0.2) is 59.6 Å². The van der Waals surface area contributed by atoms with Crippen LogP contribution in [0, 0.1) is 0 Å². The molecule has 1 amide bonds. The fraction of sp³-hybridized carbons (Fsp3) is 0.333. The molecular weight excluding hydrogens is 310 g/mol. The van der Waals surface area contributed by atoms with Crippen molar-refractivity contribution in [2.75, 3.05) is 18.4 Å². The number of fused-ring (bicyclic) bond motifs is 1. The van der Waals surface area contributed by atoms with Crippen LogP contribution in [0.25, 0.3) is 0 Å². The molecule has 2 aliphatic heterocycles. The molecule has 2 aliphatic rings. The number of amides is 1. The summed E-state index contributed by atoms with van der Waals surface area (Å²) in [5, 5.41) is 2.94. The summed E-state index contributed by atoms with van der Waals surface area (Å²) >= 11 is 0. The molecule has 0 saturated carbocycles. The lowest BCUT2D eigenvalue weighted by Crippen LogP contribution is -3.12. The van der Waals surface area contributed by atoms with Crippen LogP contribution in [0.5, 0.6) is 0 Å². The molecule has 1 atom stereocenters. The Hall–Kier alpha value is -2.46. The van der Waals surface area contributed by atoms with Gasteiger partial charge in [-0.05, 0) is 11.6 Å². The Bertz CT molecular complexity index is 764. The summed E-state index contributed by atoms with van der Waals surface area (Å²) in [6.45, 7) is 3.38. The van der Waals surface area contributed by atoms with Crippen molar-refractivity contribution in [2.45, 2.75) is 31.3 Å². The van der Waals surface area contributed by atoms with Crippen LogP contribution < -0.4 is 10.2 Å². The number of hydrogen-bond donors (Lipinski definition) is 2. The lowest BCUT2D eigenvalue weighted by molar-refractivity contribution is -0.918. The third-order valence-electron chi connectivity index (χ3n) is 5.24. The number of benzene rings is 2. The molecule has 1 unspecified atom stereocenters. The number of para-hydroxylation sites is 1. The molecule has 128 valence electrons. The highest BCUT2D eigenvalue weighted by atomic mass is 16.2. The molecule has 4 heteroatoms. The fourth-order valence-corrected chi connectivity index (χ4v) is 3.81. The van der Waals surface area contributed by atoms with Gasteiger partial charge in [-0.25, -0.2) is 0 Å². The van der Waals surface area contributed by atoms with E-state index in [0.29, 0.717) is 6.04 Å². The maximum absolute atomic E-state index is 12.2. The first-order valence-corrected chi connectivity index (χ1v) is 9.10. The largest absolute Gasteiger partial charge is 0.331 e. The monoisotopic (exact) mass is 334 g/mol. The van der Waals surface area contributed by atoms with E-state index in [-0.39, 0.29) is 11.8 Å². The summed E-state index contributed by atoms with van der Waals surface area (Å²) in [5.41, 5.74) is 3.37. The number of quaternary nitrogens is 1. The predicted octanol–water partition coefficient (Wildman–Crippen LogP) is 2.04. The van der Waals surface area contributed by atoms with Gasteiger partial charge in [-0.3, -0.25) is 9.79 Å². The van der Waals surface area contributed by atoms with Gasteiger partial charge >= 0.3 is 0 Å². The first kappa shape index (κ1) is 16.0. The highest BCUT2D eigenvalue weighted by molar-refractivity contribution is 6.12. The van der Waals surface area contributed by atoms with Crippen molar-refractivity contribution >= 4 is 17.8 Å². The summed E-state index contributed by atoms with van der Waals surface area (Å²) in [6, 6.07) is 18.9. The summed E-state index contributed by atoms with van der Waals surface area (Å²) in [5.74, 6) is -0.192. The van der Waals surface area contributed by atoms with E-state index in [4.69, 9.17) is 4.99 Å². The maximum atomic E-state index is 12.2. The third-order valence-corrected chi connectivity index (χ3v) is 5.24. The van der Waals surface area contributed by atoms with E-state index in [1.54, 1.807) is 4.90 Å². The summed E-state index contributed by atoms with van der Waals surface area (Å²) < 4.78 is 0. The average Bonchev–Trinajstić information content (AvgIpc) is 2.97. The Morgan fingerprint density at radius 1 is 1.04 bits per heavy atom. The highest BCUT2D eigenvalue weighted by Crippen LogP contribution is 2.30. The number of aliphatic imine (C=N–C) groups is 1. The minimum atomic E-state index is -0.231. The molecular formula is C21H24N3O+. The van der Waals surface area contributed by atoms with Crippen LogP contribution in [0.4, 0.5) is 5.69 Å². The average molecular weight is 334 g/mol. The van der Waals surface area contributed by atoms with Gasteiger partial charge in [0.05, 0.1) is 19.1 Å². The Morgan fingerprint density at radius 2 is 1.76 bits per heavy atom. The molecule has 0 bridgehead atoms. The quantitative estimate of drug-likeness (QED) is 0.826. The van der Waals surface area contributed by atoms with Crippen LogP contribution in [0.3, 0.4) is 0 Å². The Balaban J connectivity index is 1.33. The lowest BCUT2D eigenvalue weighted by atomic mass is 10.0. The number of rotatable bonds is 4. The van der Waals surface area contributed by atoms with Crippen molar-refractivity contribution in [3.8, 4) is 0 Å². The van der Waals surface area contributed by atoms with Crippen molar-refractivity contribution < 1.29 is 9.69 Å². The van der Waals surface area contributed by atoms with E-state index >= 15 is 0 Å². The summed E-state index contributed by atoms with van der Waals surface area (Å²) in [7, 11) is 0. The van der Waals surface area contributed by atoms with Gasteiger partial charge in [-0.15, -0.1) is 0 Å². The second-order valence-corrected chi connectivity index (χ2v) is 7.00. The third kappa shape index (κ3) is 3.64. The number of carbonyl (C=O) groups is 1. The van der Waals surface area contributed by atoms with Crippen LogP contribution in [0.2, 0.25) is 0 Å². The van der Waals surface area contributed by atoms with E-state index < -0.39 is 0 Å². The number of hydrogen-bond acceptors (Lipinski definition) is 2. The highest BCUT2D eigenvalue weighted by Gasteiger charge is 2.29. The minimum Gasteiger partial charge on any atom is -0.331 e. The van der Waals surface area contributed by atoms with Gasteiger partial charge in [0.25, 0.3) is 0 Å². The number of piperidine rings is 1. The van der Waals surface area contributed by atoms with E-state index in [9.17, 15) is 4.79 Å². The molecule has 4 nitrogen and oxygen atoms in total. The zero-order valence-electron chi connectivity index (χ0n) is 14.3. The molecule has 2 aromatic rings. The number of anilines is 1. The Kier molecular flexibility index (Phi) is 4.61. The molecule has 0 aliphatic carbocycles. The normalized spacial score (nSPS) is 25.8. The maximum Gasteiger partial charge on any atom is 0.237 e. The van der Waals surface area contributed by atoms with Crippen LogP contribution >= 0.6 is 0 Å². The predicted molar refractivity (Wildman–Crippen MR) is 100 cm³/mol. The molecule has 4 rings (SSSR count). The van der Waals surface area contributed by atoms with E-state index in [0.717, 1.165) is 43.7 Å². The lowest BCUT2D eigenvalue weighted by Gasteiger charge is -2.27. The summed E-state index contributed by atoms with van der Waals surface area (Å²) in [6.07, 6.45) is 4.05. The fourth-order valence-electron chi connectivity index (χ4n) is 3.81. The molecule has 0 aromatic heterocycles. The molecule has 0 spiro atoms. The smallest absolute Gasteiger partial charge is 0.237 e. The van der Waals surface area contributed by atoms with Crippen molar-refractivity contribution in [3.05, 3.63) is 65.7 Å². The molecule has 1 saturated heterocycles. The standard InChI is InChI=1S/C21H23N3O/c25-21-19(18-8-4-5-9-20(18)23-21)14-22-17-10-12-24(13-11-17)15-16-6-2-1-3-7-16/h1-9,14,17,19H,10-13,15H2,(H,23,25)/p+1. The number of nitrogens with zero attached hydrogens (tertiary/aromatic N) is 1. The SMILES string of the molecule is O=C1Nc2ccccc2C1C=NC1CC[NH+](Cc2ccccc2)CC1. The molecule has 0 radical (unpaired) electrons. The second kappa shape index (κ2) is 7.19. The molecule has 2 aromatic carbocycles.